The first-order valence-electron chi connectivity index (χ1n) is 6.85. The fourth-order valence-corrected chi connectivity index (χ4v) is 2.48. The SMILES string of the molecule is Cc1ccc(Oc2ncc(Br)cc2CO)c(C(C)(C)C)c1. The Labute approximate surface area is 134 Å². The first-order valence-corrected chi connectivity index (χ1v) is 7.65. The van der Waals surface area contributed by atoms with Gasteiger partial charge in [-0.1, -0.05) is 38.5 Å². The summed E-state index contributed by atoms with van der Waals surface area (Å²) >= 11 is 3.35. The minimum Gasteiger partial charge on any atom is -0.438 e. The third-order valence-electron chi connectivity index (χ3n) is 3.21. The van der Waals surface area contributed by atoms with Gasteiger partial charge in [0.1, 0.15) is 5.75 Å². The Hall–Kier alpha value is -1.39. The molecule has 0 saturated carbocycles. The highest BCUT2D eigenvalue weighted by Gasteiger charge is 2.20. The number of hydrogen-bond acceptors (Lipinski definition) is 3. The minimum atomic E-state index is -0.113. The lowest BCUT2D eigenvalue weighted by atomic mass is 9.85. The number of nitrogens with zero attached hydrogens (tertiary/aromatic N) is 1. The summed E-state index contributed by atoms with van der Waals surface area (Å²) in [5.74, 6) is 1.22. The van der Waals surface area contributed by atoms with Crippen LogP contribution < -0.4 is 4.74 Å². The van der Waals surface area contributed by atoms with Gasteiger partial charge in [-0.05, 0) is 40.4 Å². The average Bonchev–Trinajstić information content (AvgIpc) is 2.41. The maximum absolute atomic E-state index is 9.45. The van der Waals surface area contributed by atoms with Gasteiger partial charge < -0.3 is 9.84 Å². The van der Waals surface area contributed by atoms with Crippen LogP contribution in [-0.4, -0.2) is 10.1 Å². The zero-order valence-electron chi connectivity index (χ0n) is 12.8. The summed E-state index contributed by atoms with van der Waals surface area (Å²) in [7, 11) is 0. The second-order valence-corrected chi connectivity index (χ2v) is 7.04. The van der Waals surface area contributed by atoms with E-state index in [2.05, 4.69) is 54.7 Å². The number of pyridine rings is 1. The standard InChI is InChI=1S/C17H20BrNO2/c1-11-5-6-15(14(7-11)17(2,3)4)21-16-12(10-20)8-13(18)9-19-16/h5-9,20H,10H2,1-4H3. The number of ether oxygens (including phenoxy) is 1. The van der Waals surface area contributed by atoms with Crippen molar-refractivity contribution in [3.63, 3.8) is 0 Å². The predicted molar refractivity (Wildman–Crippen MR) is 87.8 cm³/mol. The lowest BCUT2D eigenvalue weighted by Gasteiger charge is -2.23. The Balaban J connectivity index is 2.45. The van der Waals surface area contributed by atoms with E-state index in [9.17, 15) is 5.11 Å². The molecular formula is C17H20BrNO2. The highest BCUT2D eigenvalue weighted by molar-refractivity contribution is 9.10. The molecular weight excluding hydrogens is 330 g/mol. The molecule has 0 atom stereocenters. The Bertz CT molecular complexity index is 648. The summed E-state index contributed by atoms with van der Waals surface area (Å²) in [6, 6.07) is 7.92. The molecule has 0 aliphatic carbocycles. The zero-order chi connectivity index (χ0) is 15.6. The van der Waals surface area contributed by atoms with E-state index in [4.69, 9.17) is 4.74 Å². The fourth-order valence-electron chi connectivity index (χ4n) is 2.10. The normalized spacial score (nSPS) is 11.5. The molecule has 1 heterocycles. The van der Waals surface area contributed by atoms with Gasteiger partial charge in [0.15, 0.2) is 0 Å². The molecule has 0 unspecified atom stereocenters. The van der Waals surface area contributed by atoms with Crippen molar-refractivity contribution < 1.29 is 9.84 Å². The molecule has 0 spiro atoms. The average molecular weight is 350 g/mol. The number of aliphatic hydroxyl groups excluding tert-OH is 1. The van der Waals surface area contributed by atoms with Crippen molar-refractivity contribution in [2.45, 2.75) is 39.7 Å². The molecule has 3 nitrogen and oxygen atoms in total. The molecule has 1 aromatic heterocycles. The molecule has 0 amide bonds. The molecule has 1 aromatic carbocycles. The third-order valence-corrected chi connectivity index (χ3v) is 3.65. The van der Waals surface area contributed by atoms with Gasteiger partial charge in [0.25, 0.3) is 0 Å². The summed E-state index contributed by atoms with van der Waals surface area (Å²) in [6.45, 7) is 8.40. The van der Waals surface area contributed by atoms with E-state index in [0.29, 0.717) is 11.4 Å². The smallest absolute Gasteiger partial charge is 0.224 e. The van der Waals surface area contributed by atoms with Gasteiger partial charge in [0.05, 0.1) is 6.61 Å². The van der Waals surface area contributed by atoms with Gasteiger partial charge in [0, 0.05) is 21.8 Å². The Morgan fingerprint density at radius 1 is 1.24 bits per heavy atom. The second kappa shape index (κ2) is 6.16. The molecule has 0 bridgehead atoms. The third kappa shape index (κ3) is 3.83. The number of rotatable bonds is 3. The van der Waals surface area contributed by atoms with Crippen molar-refractivity contribution in [2.24, 2.45) is 0 Å². The number of halogens is 1. The van der Waals surface area contributed by atoms with E-state index >= 15 is 0 Å². The molecule has 1 N–H and O–H groups in total. The quantitative estimate of drug-likeness (QED) is 0.870. The van der Waals surface area contributed by atoms with E-state index in [1.807, 2.05) is 18.2 Å². The maximum Gasteiger partial charge on any atom is 0.224 e. The van der Waals surface area contributed by atoms with Gasteiger partial charge in [-0.25, -0.2) is 4.98 Å². The van der Waals surface area contributed by atoms with Gasteiger partial charge in [-0.15, -0.1) is 0 Å². The van der Waals surface area contributed by atoms with Crippen molar-refractivity contribution >= 4 is 15.9 Å². The number of aryl methyl sites for hydroxylation is 1. The lowest BCUT2D eigenvalue weighted by molar-refractivity contribution is 0.274. The van der Waals surface area contributed by atoms with Gasteiger partial charge in [0.2, 0.25) is 5.88 Å². The molecule has 2 aromatic rings. The van der Waals surface area contributed by atoms with Crippen LogP contribution >= 0.6 is 15.9 Å². The van der Waals surface area contributed by atoms with Crippen molar-refractivity contribution in [3.05, 3.63) is 51.6 Å². The van der Waals surface area contributed by atoms with Crippen molar-refractivity contribution in [3.8, 4) is 11.6 Å². The summed E-state index contributed by atoms with van der Waals surface area (Å²) in [4.78, 5) is 4.26. The Morgan fingerprint density at radius 3 is 2.57 bits per heavy atom. The number of aromatic nitrogens is 1. The van der Waals surface area contributed by atoms with Crippen LogP contribution in [0.3, 0.4) is 0 Å². The Kier molecular flexibility index (Phi) is 4.69. The van der Waals surface area contributed by atoms with Crippen LogP contribution in [0.25, 0.3) is 0 Å². The first kappa shape index (κ1) is 16.0. The van der Waals surface area contributed by atoms with Gasteiger partial charge >= 0.3 is 0 Å². The molecule has 0 aliphatic heterocycles. The summed E-state index contributed by atoms with van der Waals surface area (Å²) in [5.41, 5.74) is 2.94. The molecule has 0 saturated heterocycles. The van der Waals surface area contributed by atoms with E-state index in [0.717, 1.165) is 15.8 Å². The van der Waals surface area contributed by atoms with E-state index in [1.165, 1.54) is 5.56 Å². The largest absolute Gasteiger partial charge is 0.438 e. The minimum absolute atomic E-state index is 0.0317. The topological polar surface area (TPSA) is 42.4 Å². The first-order chi connectivity index (χ1) is 9.81. The second-order valence-electron chi connectivity index (χ2n) is 6.13. The lowest BCUT2D eigenvalue weighted by Crippen LogP contribution is -2.13. The van der Waals surface area contributed by atoms with Crippen molar-refractivity contribution in [1.82, 2.24) is 4.98 Å². The molecule has 21 heavy (non-hydrogen) atoms. The Morgan fingerprint density at radius 2 is 1.95 bits per heavy atom. The molecule has 112 valence electrons. The molecule has 4 heteroatoms. The van der Waals surface area contributed by atoms with Crippen molar-refractivity contribution in [1.29, 1.82) is 0 Å². The van der Waals surface area contributed by atoms with Crippen LogP contribution in [0.2, 0.25) is 0 Å². The monoisotopic (exact) mass is 349 g/mol. The summed E-state index contributed by atoms with van der Waals surface area (Å²) in [6.07, 6.45) is 1.67. The van der Waals surface area contributed by atoms with E-state index in [1.54, 1.807) is 6.20 Å². The van der Waals surface area contributed by atoms with Crippen molar-refractivity contribution in [2.75, 3.05) is 0 Å². The van der Waals surface area contributed by atoms with Crippen LogP contribution in [0.1, 0.15) is 37.5 Å². The fraction of sp³-hybridized carbons (Fsp3) is 0.353. The van der Waals surface area contributed by atoms with Crippen LogP contribution in [0.5, 0.6) is 11.6 Å². The van der Waals surface area contributed by atoms with Gasteiger partial charge in [-0.2, -0.15) is 0 Å². The summed E-state index contributed by atoms with van der Waals surface area (Å²) < 4.78 is 6.79. The molecule has 0 fully saturated rings. The maximum atomic E-state index is 9.45. The molecule has 0 aliphatic rings. The van der Waals surface area contributed by atoms with Crippen LogP contribution in [-0.2, 0) is 12.0 Å². The highest BCUT2D eigenvalue weighted by atomic mass is 79.9. The predicted octanol–water partition coefficient (Wildman–Crippen LogP) is 4.73. The van der Waals surface area contributed by atoms with Crippen LogP contribution in [0.4, 0.5) is 0 Å². The number of aliphatic hydroxyl groups is 1. The van der Waals surface area contributed by atoms with Crippen LogP contribution in [0.15, 0.2) is 34.9 Å². The highest BCUT2D eigenvalue weighted by Crippen LogP contribution is 2.35. The van der Waals surface area contributed by atoms with Gasteiger partial charge in [-0.3, -0.25) is 0 Å². The molecule has 0 radical (unpaired) electrons. The van der Waals surface area contributed by atoms with E-state index < -0.39 is 0 Å². The zero-order valence-corrected chi connectivity index (χ0v) is 14.4. The number of hydrogen-bond donors (Lipinski definition) is 1. The summed E-state index contributed by atoms with van der Waals surface area (Å²) in [5, 5.41) is 9.45. The van der Waals surface area contributed by atoms with Crippen LogP contribution in [0, 0.1) is 6.92 Å². The van der Waals surface area contributed by atoms with E-state index in [-0.39, 0.29) is 12.0 Å². The molecule has 2 rings (SSSR count). The number of benzene rings is 1.